The third-order valence-corrected chi connectivity index (χ3v) is 6.80. The first-order chi connectivity index (χ1) is 12.8. The lowest BCUT2D eigenvalue weighted by Crippen LogP contribution is -2.46. The summed E-state index contributed by atoms with van der Waals surface area (Å²) in [4.78, 5) is 26.9. The van der Waals surface area contributed by atoms with Crippen LogP contribution in [0.15, 0.2) is 6.07 Å². The monoisotopic (exact) mass is 411 g/mol. The molecule has 0 aromatic carbocycles. The van der Waals surface area contributed by atoms with Crippen LogP contribution in [0.2, 0.25) is 0 Å². The van der Waals surface area contributed by atoms with Gasteiger partial charge in [-0.15, -0.1) is 0 Å². The number of hydrogen-bond donors (Lipinski definition) is 1. The van der Waals surface area contributed by atoms with Gasteiger partial charge in [-0.2, -0.15) is 0 Å². The van der Waals surface area contributed by atoms with Crippen molar-refractivity contribution >= 4 is 21.5 Å². The van der Waals surface area contributed by atoms with E-state index >= 15 is 0 Å². The topological polar surface area (TPSA) is 88.5 Å². The van der Waals surface area contributed by atoms with Crippen LogP contribution in [-0.2, 0) is 14.6 Å². The van der Waals surface area contributed by atoms with Crippen molar-refractivity contribution in [1.82, 2.24) is 14.8 Å². The Morgan fingerprint density at radius 2 is 1.89 bits per heavy atom. The summed E-state index contributed by atoms with van der Waals surface area (Å²) in [7, 11) is -3.00. The molecule has 2 rings (SSSR count). The summed E-state index contributed by atoms with van der Waals surface area (Å²) in [6.45, 7) is 12.4. The Balaban J connectivity index is 2.11. The van der Waals surface area contributed by atoms with Crippen LogP contribution in [0.25, 0.3) is 0 Å². The largest absolute Gasteiger partial charge is 0.350 e. The van der Waals surface area contributed by atoms with E-state index in [1.807, 2.05) is 57.1 Å². The Bertz CT molecular complexity index is 850. The fourth-order valence-corrected chi connectivity index (χ4v) is 5.53. The first-order valence-corrected chi connectivity index (χ1v) is 11.6. The maximum Gasteiger partial charge on any atom is 0.234 e. The highest BCUT2D eigenvalue weighted by molar-refractivity contribution is 7.91. The molecule has 0 saturated carbocycles. The van der Waals surface area contributed by atoms with Gasteiger partial charge in [0, 0.05) is 28.5 Å². The van der Waals surface area contributed by atoms with E-state index in [4.69, 9.17) is 0 Å². The van der Waals surface area contributed by atoms with Gasteiger partial charge in [-0.05, 0) is 53.7 Å². The molecule has 28 heavy (non-hydrogen) atoms. The van der Waals surface area contributed by atoms with Crippen molar-refractivity contribution in [2.45, 2.75) is 59.5 Å². The SMILES string of the molecule is CCN(CC(=O)NC(C)(C)C)CC(=O)c1cc(C)n(C2CCS(=O)(=O)C2)c1C. The lowest BCUT2D eigenvalue weighted by molar-refractivity contribution is -0.123. The van der Waals surface area contributed by atoms with E-state index in [0.29, 0.717) is 18.5 Å². The molecule has 0 aliphatic carbocycles. The molecule has 1 fully saturated rings. The summed E-state index contributed by atoms with van der Waals surface area (Å²) in [5.41, 5.74) is 2.00. The molecule has 2 heterocycles. The van der Waals surface area contributed by atoms with Crippen molar-refractivity contribution in [3.05, 3.63) is 23.0 Å². The predicted molar refractivity (Wildman–Crippen MR) is 111 cm³/mol. The summed E-state index contributed by atoms with van der Waals surface area (Å²) < 4.78 is 25.7. The third kappa shape index (κ3) is 5.67. The molecule has 1 aliphatic heterocycles. The fourth-order valence-electron chi connectivity index (χ4n) is 3.83. The smallest absolute Gasteiger partial charge is 0.234 e. The number of aryl methyl sites for hydroxylation is 1. The number of amides is 1. The maximum absolute atomic E-state index is 12.9. The maximum atomic E-state index is 12.9. The lowest BCUT2D eigenvalue weighted by atomic mass is 10.1. The van der Waals surface area contributed by atoms with Crippen LogP contribution < -0.4 is 5.32 Å². The normalized spacial score (nSPS) is 19.2. The Hall–Kier alpha value is -1.67. The standard InChI is InChI=1S/C20H33N3O4S/c1-7-22(12-19(25)21-20(4,5)6)11-18(24)17-10-14(2)23(15(17)3)16-8-9-28(26,27)13-16/h10,16H,7-9,11-13H2,1-6H3,(H,21,25). The number of ketones is 1. The zero-order valence-electron chi connectivity index (χ0n) is 17.8. The molecule has 0 spiro atoms. The van der Waals surface area contributed by atoms with E-state index < -0.39 is 9.84 Å². The minimum absolute atomic E-state index is 0.0504. The number of hydrogen-bond acceptors (Lipinski definition) is 5. The molecule has 1 amide bonds. The summed E-state index contributed by atoms with van der Waals surface area (Å²) in [5.74, 6) is 0.171. The summed E-state index contributed by atoms with van der Waals surface area (Å²) >= 11 is 0. The van der Waals surface area contributed by atoms with Crippen LogP contribution in [-0.4, -0.2) is 66.3 Å². The number of rotatable bonds is 7. The quantitative estimate of drug-likeness (QED) is 0.692. The van der Waals surface area contributed by atoms with Crippen molar-refractivity contribution in [2.24, 2.45) is 0 Å². The van der Waals surface area contributed by atoms with Crippen molar-refractivity contribution in [3.8, 4) is 0 Å². The second kappa shape index (κ2) is 8.37. The molecule has 158 valence electrons. The van der Waals surface area contributed by atoms with E-state index in [1.165, 1.54) is 0 Å². The Morgan fingerprint density at radius 3 is 2.39 bits per heavy atom. The van der Waals surface area contributed by atoms with Crippen molar-refractivity contribution in [2.75, 3.05) is 31.1 Å². The Kier molecular flexibility index (Phi) is 6.76. The summed E-state index contributed by atoms with van der Waals surface area (Å²) in [5, 5.41) is 2.91. The minimum Gasteiger partial charge on any atom is -0.350 e. The highest BCUT2D eigenvalue weighted by atomic mass is 32.2. The van der Waals surface area contributed by atoms with Crippen molar-refractivity contribution in [3.63, 3.8) is 0 Å². The molecule has 0 bridgehead atoms. The summed E-state index contributed by atoms with van der Waals surface area (Å²) in [6, 6.07) is 1.73. The van der Waals surface area contributed by atoms with Gasteiger partial charge in [0.1, 0.15) is 0 Å². The van der Waals surface area contributed by atoms with Gasteiger partial charge in [-0.3, -0.25) is 14.5 Å². The second-order valence-electron chi connectivity index (χ2n) is 8.74. The molecule has 1 aliphatic rings. The highest BCUT2D eigenvalue weighted by Crippen LogP contribution is 2.29. The molecule has 1 atom stereocenters. The molecule has 1 aromatic rings. The number of carbonyl (C=O) groups is 2. The first-order valence-electron chi connectivity index (χ1n) is 9.78. The predicted octanol–water partition coefficient (Wildman–Crippen LogP) is 1.88. The van der Waals surface area contributed by atoms with Crippen LogP contribution >= 0.6 is 0 Å². The number of aromatic nitrogens is 1. The fraction of sp³-hybridized carbons (Fsp3) is 0.700. The van der Waals surface area contributed by atoms with E-state index in [-0.39, 0.29) is 47.9 Å². The van der Waals surface area contributed by atoms with Gasteiger partial charge in [0.2, 0.25) is 5.91 Å². The van der Waals surface area contributed by atoms with Crippen LogP contribution in [0.3, 0.4) is 0 Å². The van der Waals surface area contributed by atoms with Crippen molar-refractivity contribution in [1.29, 1.82) is 0 Å². The van der Waals surface area contributed by atoms with Crippen LogP contribution in [0.1, 0.15) is 61.9 Å². The molecule has 8 heteroatoms. The van der Waals surface area contributed by atoms with Gasteiger partial charge in [0.05, 0.1) is 24.6 Å². The molecular formula is C20H33N3O4S. The molecule has 1 saturated heterocycles. The number of carbonyl (C=O) groups excluding carboxylic acids is 2. The summed E-state index contributed by atoms with van der Waals surface area (Å²) in [6.07, 6.45) is 0.584. The van der Waals surface area contributed by atoms with Crippen LogP contribution in [0.4, 0.5) is 0 Å². The Labute approximate surface area is 168 Å². The first kappa shape index (κ1) is 22.6. The van der Waals surface area contributed by atoms with Gasteiger partial charge >= 0.3 is 0 Å². The second-order valence-corrected chi connectivity index (χ2v) is 11.0. The third-order valence-electron chi connectivity index (χ3n) is 5.05. The number of nitrogens with zero attached hydrogens (tertiary/aromatic N) is 2. The highest BCUT2D eigenvalue weighted by Gasteiger charge is 2.32. The van der Waals surface area contributed by atoms with Gasteiger partial charge in [0.15, 0.2) is 15.6 Å². The Morgan fingerprint density at radius 1 is 1.25 bits per heavy atom. The van der Waals surface area contributed by atoms with Gasteiger partial charge < -0.3 is 9.88 Å². The minimum atomic E-state index is -3.00. The molecular weight excluding hydrogens is 378 g/mol. The lowest BCUT2D eigenvalue weighted by Gasteiger charge is -2.24. The van der Waals surface area contributed by atoms with E-state index in [9.17, 15) is 18.0 Å². The van der Waals surface area contributed by atoms with E-state index in [2.05, 4.69) is 5.32 Å². The van der Waals surface area contributed by atoms with Crippen molar-refractivity contribution < 1.29 is 18.0 Å². The van der Waals surface area contributed by atoms with Gasteiger partial charge in [-0.25, -0.2) is 8.42 Å². The average Bonchev–Trinajstić information content (AvgIpc) is 3.03. The number of nitrogens with one attached hydrogen (secondary N) is 1. The van der Waals surface area contributed by atoms with Crippen LogP contribution in [0, 0.1) is 13.8 Å². The van der Waals surface area contributed by atoms with Crippen LogP contribution in [0.5, 0.6) is 0 Å². The molecule has 7 nitrogen and oxygen atoms in total. The van der Waals surface area contributed by atoms with Gasteiger partial charge in [0.25, 0.3) is 0 Å². The number of Topliss-reactive ketones (excluding diaryl/α,β-unsaturated/α-hetero) is 1. The van der Waals surface area contributed by atoms with E-state index in [0.717, 1.165) is 11.4 Å². The number of likely N-dealkylation sites (N-methyl/N-ethyl adjacent to an activating group) is 1. The molecule has 1 N–H and O–H groups in total. The molecule has 1 aromatic heterocycles. The molecule has 0 radical (unpaired) electrons. The zero-order chi connectivity index (χ0) is 21.3. The average molecular weight is 412 g/mol. The van der Waals surface area contributed by atoms with E-state index in [1.54, 1.807) is 0 Å². The van der Waals surface area contributed by atoms with Gasteiger partial charge in [-0.1, -0.05) is 6.92 Å². The molecule has 1 unspecified atom stereocenters. The number of sulfone groups is 1. The zero-order valence-corrected chi connectivity index (χ0v) is 18.6.